The van der Waals surface area contributed by atoms with Gasteiger partial charge in [0.1, 0.15) is 0 Å². The zero-order valence-electron chi connectivity index (χ0n) is 15.4. The summed E-state index contributed by atoms with van der Waals surface area (Å²) < 4.78 is 0. The number of benzene rings is 2. The normalized spacial score (nSPS) is 10.7. The lowest BCUT2D eigenvalue weighted by atomic mass is 10.1. The van der Waals surface area contributed by atoms with Crippen molar-refractivity contribution in [2.75, 3.05) is 20.1 Å². The number of nitriles is 1. The highest BCUT2D eigenvalue weighted by atomic mass is 16.1. The Bertz CT molecular complexity index is 972. The SMILES string of the molecule is CN(CCNC(=O)Cc1cncc2ccccc12)Cc1cccc(C#N)c1. The van der Waals surface area contributed by atoms with Crippen molar-refractivity contribution in [2.24, 2.45) is 0 Å². The fraction of sp³-hybridized carbons (Fsp3) is 0.227. The largest absolute Gasteiger partial charge is 0.355 e. The summed E-state index contributed by atoms with van der Waals surface area (Å²) in [6, 6.07) is 17.7. The summed E-state index contributed by atoms with van der Waals surface area (Å²) in [4.78, 5) is 18.6. The number of rotatable bonds is 7. The lowest BCUT2D eigenvalue weighted by molar-refractivity contribution is -0.120. The third-order valence-corrected chi connectivity index (χ3v) is 4.43. The molecule has 1 heterocycles. The van der Waals surface area contributed by atoms with Gasteiger partial charge in [-0.05, 0) is 35.7 Å². The molecule has 1 N–H and O–H groups in total. The van der Waals surface area contributed by atoms with Crippen LogP contribution >= 0.6 is 0 Å². The predicted molar refractivity (Wildman–Crippen MR) is 106 cm³/mol. The van der Waals surface area contributed by atoms with E-state index in [1.807, 2.05) is 55.7 Å². The molecule has 0 radical (unpaired) electrons. The number of carbonyl (C=O) groups excluding carboxylic acids is 1. The fourth-order valence-corrected chi connectivity index (χ4v) is 3.07. The van der Waals surface area contributed by atoms with Crippen molar-refractivity contribution in [1.82, 2.24) is 15.2 Å². The molecule has 5 nitrogen and oxygen atoms in total. The first-order valence-corrected chi connectivity index (χ1v) is 8.91. The van der Waals surface area contributed by atoms with E-state index in [9.17, 15) is 4.79 Å². The topological polar surface area (TPSA) is 69.0 Å². The van der Waals surface area contributed by atoms with E-state index < -0.39 is 0 Å². The molecule has 0 aliphatic rings. The highest BCUT2D eigenvalue weighted by Crippen LogP contribution is 2.17. The second kappa shape index (κ2) is 8.93. The number of likely N-dealkylation sites (N-methyl/N-ethyl adjacent to an activating group) is 1. The van der Waals surface area contributed by atoms with Crippen LogP contribution in [0.4, 0.5) is 0 Å². The van der Waals surface area contributed by atoms with Gasteiger partial charge >= 0.3 is 0 Å². The molecule has 0 saturated heterocycles. The van der Waals surface area contributed by atoms with Gasteiger partial charge in [-0.2, -0.15) is 5.26 Å². The van der Waals surface area contributed by atoms with Gasteiger partial charge in [-0.15, -0.1) is 0 Å². The Kier molecular flexibility index (Phi) is 6.14. The van der Waals surface area contributed by atoms with Gasteiger partial charge in [0.2, 0.25) is 5.91 Å². The van der Waals surface area contributed by atoms with Crippen molar-refractivity contribution in [3.05, 3.63) is 77.6 Å². The molecule has 1 amide bonds. The van der Waals surface area contributed by atoms with Crippen LogP contribution in [-0.4, -0.2) is 35.9 Å². The van der Waals surface area contributed by atoms with E-state index in [1.54, 1.807) is 12.3 Å². The average Bonchev–Trinajstić information content (AvgIpc) is 2.68. The van der Waals surface area contributed by atoms with E-state index in [1.165, 1.54) is 0 Å². The van der Waals surface area contributed by atoms with Crippen molar-refractivity contribution in [1.29, 1.82) is 5.26 Å². The van der Waals surface area contributed by atoms with Gasteiger partial charge in [0.15, 0.2) is 0 Å². The molecule has 3 aromatic rings. The summed E-state index contributed by atoms with van der Waals surface area (Å²) in [5.41, 5.74) is 2.69. The minimum absolute atomic E-state index is 0.00645. The molecule has 0 spiro atoms. The Morgan fingerprint density at radius 2 is 2.04 bits per heavy atom. The first-order valence-electron chi connectivity index (χ1n) is 8.91. The zero-order chi connectivity index (χ0) is 19.1. The van der Waals surface area contributed by atoms with E-state index in [0.717, 1.165) is 35.0 Å². The number of amides is 1. The van der Waals surface area contributed by atoms with Gasteiger partial charge in [-0.25, -0.2) is 0 Å². The lowest BCUT2D eigenvalue weighted by Gasteiger charge is -2.17. The maximum atomic E-state index is 12.3. The van der Waals surface area contributed by atoms with Gasteiger partial charge in [0, 0.05) is 37.4 Å². The van der Waals surface area contributed by atoms with Gasteiger partial charge in [0.25, 0.3) is 0 Å². The van der Waals surface area contributed by atoms with Gasteiger partial charge in [-0.1, -0.05) is 36.4 Å². The number of nitrogens with one attached hydrogen (secondary N) is 1. The minimum Gasteiger partial charge on any atom is -0.355 e. The lowest BCUT2D eigenvalue weighted by Crippen LogP contribution is -2.33. The van der Waals surface area contributed by atoms with Gasteiger partial charge in [0.05, 0.1) is 18.1 Å². The fourth-order valence-electron chi connectivity index (χ4n) is 3.07. The van der Waals surface area contributed by atoms with Crippen molar-refractivity contribution in [2.45, 2.75) is 13.0 Å². The molecule has 0 atom stereocenters. The summed E-state index contributed by atoms with van der Waals surface area (Å²) >= 11 is 0. The Morgan fingerprint density at radius 3 is 2.89 bits per heavy atom. The molecule has 0 aliphatic heterocycles. The van der Waals surface area contributed by atoms with Crippen molar-refractivity contribution >= 4 is 16.7 Å². The second-order valence-corrected chi connectivity index (χ2v) is 6.60. The molecule has 0 unspecified atom stereocenters. The molecule has 3 rings (SSSR count). The van der Waals surface area contributed by atoms with E-state index in [0.29, 0.717) is 18.5 Å². The summed E-state index contributed by atoms with van der Waals surface area (Å²) in [5, 5.41) is 14.1. The molecule has 0 bridgehead atoms. The first kappa shape index (κ1) is 18.6. The first-order chi connectivity index (χ1) is 13.2. The Balaban J connectivity index is 1.48. The van der Waals surface area contributed by atoms with Gasteiger partial charge in [-0.3, -0.25) is 9.78 Å². The van der Waals surface area contributed by atoms with E-state index in [2.05, 4.69) is 21.3 Å². The Morgan fingerprint density at radius 1 is 1.19 bits per heavy atom. The Hall–Kier alpha value is -3.23. The quantitative estimate of drug-likeness (QED) is 0.705. The van der Waals surface area contributed by atoms with Crippen LogP contribution in [0.5, 0.6) is 0 Å². The molecule has 2 aromatic carbocycles. The number of carbonyl (C=O) groups is 1. The van der Waals surface area contributed by atoms with Crippen LogP contribution < -0.4 is 5.32 Å². The zero-order valence-corrected chi connectivity index (χ0v) is 15.4. The minimum atomic E-state index is -0.00645. The maximum absolute atomic E-state index is 12.3. The highest BCUT2D eigenvalue weighted by Gasteiger charge is 2.08. The third-order valence-electron chi connectivity index (χ3n) is 4.43. The molecular weight excluding hydrogens is 336 g/mol. The van der Waals surface area contributed by atoms with Gasteiger partial charge < -0.3 is 10.2 Å². The van der Waals surface area contributed by atoms with Crippen molar-refractivity contribution in [3.8, 4) is 6.07 Å². The summed E-state index contributed by atoms with van der Waals surface area (Å²) in [6.07, 6.45) is 3.89. The van der Waals surface area contributed by atoms with Crippen LogP contribution in [0.3, 0.4) is 0 Å². The van der Waals surface area contributed by atoms with E-state index in [4.69, 9.17) is 5.26 Å². The number of hydrogen-bond acceptors (Lipinski definition) is 4. The third kappa shape index (κ3) is 5.13. The molecule has 27 heavy (non-hydrogen) atoms. The summed E-state index contributed by atoms with van der Waals surface area (Å²) in [7, 11) is 2.00. The van der Waals surface area contributed by atoms with Crippen LogP contribution in [0, 0.1) is 11.3 Å². The molecular formula is C22H22N4O. The monoisotopic (exact) mass is 358 g/mol. The second-order valence-electron chi connectivity index (χ2n) is 6.60. The van der Waals surface area contributed by atoms with Crippen molar-refractivity contribution in [3.63, 3.8) is 0 Å². The smallest absolute Gasteiger partial charge is 0.224 e. The average molecular weight is 358 g/mol. The highest BCUT2D eigenvalue weighted by molar-refractivity contribution is 5.89. The number of nitrogens with zero attached hydrogens (tertiary/aromatic N) is 3. The molecule has 1 aromatic heterocycles. The number of pyridine rings is 1. The standard InChI is InChI=1S/C22H22N4O/c1-26(16-18-6-4-5-17(11-18)13-23)10-9-25-22(27)12-20-15-24-14-19-7-2-3-8-21(19)20/h2-8,11,14-15H,9-10,12,16H2,1H3,(H,25,27). The summed E-state index contributed by atoms with van der Waals surface area (Å²) in [6.45, 7) is 2.04. The van der Waals surface area contributed by atoms with Crippen LogP contribution in [0.25, 0.3) is 10.8 Å². The van der Waals surface area contributed by atoms with Crippen LogP contribution in [0.2, 0.25) is 0 Å². The van der Waals surface area contributed by atoms with E-state index >= 15 is 0 Å². The number of hydrogen-bond donors (Lipinski definition) is 1. The summed E-state index contributed by atoms with van der Waals surface area (Å²) in [5.74, 6) is -0.00645. The predicted octanol–water partition coefficient (Wildman–Crippen LogP) is 2.90. The Labute approximate surface area is 159 Å². The molecule has 0 aliphatic carbocycles. The van der Waals surface area contributed by atoms with Crippen molar-refractivity contribution < 1.29 is 4.79 Å². The van der Waals surface area contributed by atoms with E-state index in [-0.39, 0.29) is 5.91 Å². The molecule has 136 valence electrons. The van der Waals surface area contributed by atoms with Crippen LogP contribution in [0.1, 0.15) is 16.7 Å². The number of aromatic nitrogens is 1. The van der Waals surface area contributed by atoms with Crippen LogP contribution in [0.15, 0.2) is 60.9 Å². The van der Waals surface area contributed by atoms with Crippen LogP contribution in [-0.2, 0) is 17.8 Å². The molecule has 0 fully saturated rings. The molecule has 5 heteroatoms. The molecule has 0 saturated carbocycles. The maximum Gasteiger partial charge on any atom is 0.224 e. The number of fused-ring (bicyclic) bond motifs is 1.